The van der Waals surface area contributed by atoms with Crippen LogP contribution in [0.3, 0.4) is 0 Å². The Bertz CT molecular complexity index is 2810. The van der Waals surface area contributed by atoms with E-state index in [1.807, 2.05) is 24.5 Å². The van der Waals surface area contributed by atoms with Gasteiger partial charge in [-0.2, -0.15) is 0 Å². The molecule has 6 heterocycles. The lowest BCUT2D eigenvalue weighted by Crippen LogP contribution is -2.62. The van der Waals surface area contributed by atoms with E-state index in [9.17, 15) is 19.2 Å². The number of piperidine rings is 2. The number of amides is 4. The van der Waals surface area contributed by atoms with Crippen molar-refractivity contribution in [3.05, 3.63) is 82.5 Å². The van der Waals surface area contributed by atoms with E-state index in [1.54, 1.807) is 77.9 Å². The van der Waals surface area contributed by atoms with E-state index in [-0.39, 0.29) is 19.2 Å². The summed E-state index contributed by atoms with van der Waals surface area (Å²) in [6.45, 7) is 12.7. The molecule has 4 amide bonds. The minimum absolute atomic E-state index is 0. The van der Waals surface area contributed by atoms with Crippen molar-refractivity contribution >= 4 is 112 Å². The molecule has 8 rings (SSSR count). The van der Waals surface area contributed by atoms with Crippen molar-refractivity contribution < 1.29 is 28.7 Å². The maximum absolute atomic E-state index is 13.6. The molecule has 2 saturated heterocycles. The maximum atomic E-state index is 13.6. The molecular formula is C47H60Br2N14O6. The molecule has 0 bridgehead atoms. The highest BCUT2D eigenvalue weighted by Gasteiger charge is 2.46. The van der Waals surface area contributed by atoms with Gasteiger partial charge in [-0.15, -0.1) is 0 Å². The van der Waals surface area contributed by atoms with Gasteiger partial charge in [-0.05, 0) is 116 Å². The number of nitrogens with zero attached hydrogens (tertiary/aromatic N) is 6. The summed E-state index contributed by atoms with van der Waals surface area (Å²) in [6, 6.07) is 14.3. The fourth-order valence-corrected chi connectivity index (χ4v) is 8.75. The number of alkyl carbamates (subject to hydrolysis) is 2. The molecule has 0 radical (unpaired) electrons. The number of nitrogen functional groups attached to an aromatic ring is 2. The van der Waals surface area contributed by atoms with Gasteiger partial charge in [0.05, 0.1) is 33.5 Å². The Kier molecular flexibility index (Phi) is 15.7. The quantitative estimate of drug-likeness (QED) is 0.0667. The zero-order valence-electron chi connectivity index (χ0n) is 38.6. The zero-order valence-corrected chi connectivity index (χ0v) is 41.8. The minimum atomic E-state index is -1.18. The second-order valence-electron chi connectivity index (χ2n) is 18.6. The van der Waals surface area contributed by atoms with Crippen LogP contribution in [0.15, 0.2) is 82.5 Å². The lowest BCUT2D eigenvalue weighted by Gasteiger charge is -2.41. The molecule has 368 valence electrons. The van der Waals surface area contributed by atoms with E-state index in [2.05, 4.69) is 92.8 Å². The number of carbonyl (C=O) groups is 4. The molecule has 6 aromatic rings. The Morgan fingerprint density at radius 2 is 1.03 bits per heavy atom. The normalized spacial score (nSPS) is 15.5. The van der Waals surface area contributed by atoms with Crippen LogP contribution in [0.25, 0.3) is 22.1 Å². The summed E-state index contributed by atoms with van der Waals surface area (Å²) in [6.07, 6.45) is 6.77. The third-order valence-corrected chi connectivity index (χ3v) is 12.4. The standard InChI is InChI=1S/2C23H28BrN7O3.CH4/c1-22(2,3)34-21(33)30-23(20(32)29-17-5-4-14(24)12-16(17)25)7-10-31(11-8-23)19-15-6-9-26-18(15)27-13-28-19;1-22(2,3)34-21(33)30-23(20(32)29-17-12-14(24)4-5-16(17)25)7-10-31(11-8-23)19-15-6-9-26-18(15)27-13-28-19;/h2*4-6,9,12-13H,7-8,10-11,25H2,1-3H3,(H,29,32)(H,30,33)(H,26,27,28);1H4. The molecule has 0 spiro atoms. The minimum Gasteiger partial charge on any atom is -0.444 e. The molecule has 0 unspecified atom stereocenters. The lowest BCUT2D eigenvalue weighted by molar-refractivity contribution is -0.124. The van der Waals surface area contributed by atoms with E-state index in [0.717, 1.165) is 42.6 Å². The smallest absolute Gasteiger partial charge is 0.408 e. The van der Waals surface area contributed by atoms with E-state index in [4.69, 9.17) is 20.9 Å². The number of aromatic nitrogens is 6. The Morgan fingerprint density at radius 1 is 0.609 bits per heavy atom. The van der Waals surface area contributed by atoms with Crippen LogP contribution in [0.1, 0.15) is 74.7 Å². The topological polar surface area (TPSA) is 277 Å². The number of benzene rings is 2. The number of nitrogens with two attached hydrogens (primary N) is 2. The molecule has 0 aliphatic carbocycles. The van der Waals surface area contributed by atoms with Gasteiger partial charge in [-0.1, -0.05) is 39.3 Å². The highest BCUT2D eigenvalue weighted by atomic mass is 79.9. The van der Waals surface area contributed by atoms with Gasteiger partial charge in [-0.25, -0.2) is 29.5 Å². The third-order valence-electron chi connectivity index (χ3n) is 11.4. The van der Waals surface area contributed by atoms with Crippen LogP contribution in [-0.2, 0) is 19.1 Å². The fraction of sp³-hybridized carbons (Fsp3) is 0.404. The average Bonchev–Trinajstić information content (AvgIpc) is 3.96. The van der Waals surface area contributed by atoms with E-state index in [1.165, 1.54) is 12.7 Å². The van der Waals surface area contributed by atoms with Crippen molar-refractivity contribution in [1.82, 2.24) is 40.5 Å². The number of fused-ring (bicyclic) bond motifs is 2. The van der Waals surface area contributed by atoms with E-state index < -0.39 is 34.5 Å². The number of hydrogen-bond donors (Lipinski definition) is 8. The molecule has 20 nitrogen and oxygen atoms in total. The number of hydrogen-bond acceptors (Lipinski definition) is 14. The first-order valence-corrected chi connectivity index (χ1v) is 23.5. The van der Waals surface area contributed by atoms with E-state index >= 15 is 0 Å². The number of aromatic amines is 2. The Balaban J connectivity index is 0.000000224. The van der Waals surface area contributed by atoms with Gasteiger partial charge in [0, 0.05) is 47.5 Å². The number of carbonyl (C=O) groups excluding carboxylic acids is 4. The van der Waals surface area contributed by atoms with Crippen molar-refractivity contribution in [3.63, 3.8) is 0 Å². The van der Waals surface area contributed by atoms with Gasteiger partial charge in [0.2, 0.25) is 11.8 Å². The Morgan fingerprint density at radius 3 is 1.46 bits per heavy atom. The SMILES string of the molecule is C.CC(C)(C)OC(=O)NC1(C(=O)Nc2cc(Br)ccc2N)CCN(c2ncnc3[nH]ccc23)CC1.CC(C)(C)OC(=O)NC1(C(=O)Nc2ccc(Br)cc2N)CCN(c2ncnc3[nH]ccc23)CC1. The fourth-order valence-electron chi connectivity index (χ4n) is 8.01. The molecular weight excluding hydrogens is 1020 g/mol. The Hall–Kier alpha value is -6.68. The summed E-state index contributed by atoms with van der Waals surface area (Å²) in [7, 11) is 0. The number of anilines is 6. The van der Waals surface area contributed by atoms with Crippen LogP contribution in [0, 0.1) is 0 Å². The van der Waals surface area contributed by atoms with Gasteiger partial charge < -0.3 is 62.0 Å². The van der Waals surface area contributed by atoms with Crippen molar-refractivity contribution in [2.75, 3.05) is 58.1 Å². The summed E-state index contributed by atoms with van der Waals surface area (Å²) < 4.78 is 12.5. The maximum Gasteiger partial charge on any atom is 0.408 e. The molecule has 2 aliphatic rings. The van der Waals surface area contributed by atoms with Gasteiger partial charge in [-0.3, -0.25) is 9.59 Å². The van der Waals surface area contributed by atoms with Crippen LogP contribution < -0.4 is 42.5 Å². The van der Waals surface area contributed by atoms with E-state index in [0.29, 0.717) is 74.6 Å². The number of rotatable bonds is 8. The molecule has 0 atom stereocenters. The van der Waals surface area contributed by atoms with Crippen molar-refractivity contribution in [2.45, 2.75) is 96.9 Å². The molecule has 2 fully saturated rings. The number of nitrogens with one attached hydrogen (secondary N) is 6. The lowest BCUT2D eigenvalue weighted by atomic mass is 9.86. The Labute approximate surface area is 417 Å². The predicted octanol–water partition coefficient (Wildman–Crippen LogP) is 8.25. The van der Waals surface area contributed by atoms with Crippen LogP contribution in [0.5, 0.6) is 0 Å². The van der Waals surface area contributed by atoms with Gasteiger partial charge >= 0.3 is 12.2 Å². The molecule has 2 aliphatic heterocycles. The molecule has 4 aromatic heterocycles. The molecule has 10 N–H and O–H groups in total. The zero-order chi connectivity index (χ0) is 49.0. The summed E-state index contributed by atoms with van der Waals surface area (Å²) in [5.74, 6) is 0.877. The van der Waals surface area contributed by atoms with Crippen molar-refractivity contribution in [3.8, 4) is 0 Å². The number of ether oxygens (including phenoxy) is 2. The summed E-state index contributed by atoms with van der Waals surface area (Å²) in [5.41, 5.74) is 11.7. The highest BCUT2D eigenvalue weighted by molar-refractivity contribution is 9.10. The largest absolute Gasteiger partial charge is 0.444 e. The van der Waals surface area contributed by atoms with Crippen LogP contribution >= 0.6 is 31.9 Å². The number of halogens is 2. The van der Waals surface area contributed by atoms with Gasteiger partial charge in [0.1, 0.15) is 57.9 Å². The monoisotopic (exact) mass is 1070 g/mol. The number of H-pyrrole nitrogens is 2. The van der Waals surface area contributed by atoms with Crippen LogP contribution in [0.4, 0.5) is 44.0 Å². The summed E-state index contributed by atoms with van der Waals surface area (Å²) in [5, 5.41) is 13.3. The summed E-state index contributed by atoms with van der Waals surface area (Å²) in [4.78, 5) is 80.3. The average molecular weight is 1080 g/mol. The molecule has 0 saturated carbocycles. The van der Waals surface area contributed by atoms with Crippen molar-refractivity contribution in [1.29, 1.82) is 0 Å². The summed E-state index contributed by atoms with van der Waals surface area (Å²) >= 11 is 6.77. The van der Waals surface area contributed by atoms with Crippen molar-refractivity contribution in [2.24, 2.45) is 0 Å². The first-order valence-electron chi connectivity index (χ1n) is 21.9. The highest BCUT2D eigenvalue weighted by Crippen LogP contribution is 2.34. The molecule has 2 aromatic carbocycles. The third kappa shape index (κ3) is 12.5. The molecule has 22 heteroatoms. The molecule has 69 heavy (non-hydrogen) atoms. The predicted molar refractivity (Wildman–Crippen MR) is 276 cm³/mol. The van der Waals surface area contributed by atoms with Gasteiger partial charge in [0.15, 0.2) is 0 Å². The van der Waals surface area contributed by atoms with Crippen LogP contribution in [0.2, 0.25) is 0 Å². The van der Waals surface area contributed by atoms with Crippen LogP contribution in [-0.4, -0.2) is 102 Å². The second-order valence-corrected chi connectivity index (χ2v) is 20.5. The first-order chi connectivity index (χ1) is 32.1. The second kappa shape index (κ2) is 20.9. The first kappa shape index (κ1) is 51.7. The van der Waals surface area contributed by atoms with Gasteiger partial charge in [0.25, 0.3) is 0 Å².